The number of methoxy groups -OCH3 is 1. The third-order valence-corrected chi connectivity index (χ3v) is 3.67. The number of nitrogens with zero attached hydrogens (tertiary/aromatic N) is 1. The van der Waals surface area contributed by atoms with E-state index >= 15 is 0 Å². The molecule has 21 heavy (non-hydrogen) atoms. The van der Waals surface area contributed by atoms with Crippen molar-refractivity contribution in [3.63, 3.8) is 0 Å². The van der Waals surface area contributed by atoms with E-state index < -0.39 is 0 Å². The fraction of sp³-hybridized carbons (Fsp3) is 0.278. The van der Waals surface area contributed by atoms with Crippen molar-refractivity contribution in [1.29, 1.82) is 0 Å². The van der Waals surface area contributed by atoms with Gasteiger partial charge in [-0.3, -0.25) is 4.79 Å². The van der Waals surface area contributed by atoms with Gasteiger partial charge in [0, 0.05) is 19.2 Å². The minimum Gasteiger partial charge on any atom is -0.496 e. The Morgan fingerprint density at radius 1 is 1.10 bits per heavy atom. The molecule has 0 unspecified atom stereocenters. The highest BCUT2D eigenvalue weighted by Gasteiger charge is 2.14. The molecular formula is C18H21NO2. The molecule has 0 aliphatic rings. The summed E-state index contributed by atoms with van der Waals surface area (Å²) < 4.78 is 5.28. The summed E-state index contributed by atoms with van der Waals surface area (Å²) in [5, 5.41) is 0. The lowest BCUT2D eigenvalue weighted by Crippen LogP contribution is -2.26. The van der Waals surface area contributed by atoms with Crippen LogP contribution < -0.4 is 4.74 Å². The molecule has 0 fully saturated rings. The topological polar surface area (TPSA) is 29.5 Å². The third-order valence-electron chi connectivity index (χ3n) is 3.67. The van der Waals surface area contributed by atoms with Crippen LogP contribution >= 0.6 is 0 Å². The van der Waals surface area contributed by atoms with Gasteiger partial charge in [0.15, 0.2) is 0 Å². The number of carbonyl (C=O) groups excluding carboxylic acids is 1. The number of hydrogen-bond donors (Lipinski definition) is 0. The van der Waals surface area contributed by atoms with Gasteiger partial charge in [0.1, 0.15) is 5.75 Å². The molecule has 0 radical (unpaired) electrons. The van der Waals surface area contributed by atoms with E-state index in [1.807, 2.05) is 38.2 Å². The molecule has 0 bridgehead atoms. The Labute approximate surface area is 126 Å². The number of amides is 1. The highest BCUT2D eigenvalue weighted by atomic mass is 16.5. The minimum absolute atomic E-state index is 0.00319. The number of hydrogen-bond acceptors (Lipinski definition) is 2. The van der Waals surface area contributed by atoms with Crippen LogP contribution in [0.3, 0.4) is 0 Å². The lowest BCUT2D eigenvalue weighted by atomic mass is 10.1. The molecule has 2 aromatic rings. The van der Waals surface area contributed by atoms with Gasteiger partial charge in [0.2, 0.25) is 0 Å². The number of rotatable bonds is 4. The van der Waals surface area contributed by atoms with Gasteiger partial charge in [-0.15, -0.1) is 0 Å². The molecule has 2 aromatic carbocycles. The maximum absolute atomic E-state index is 12.5. The van der Waals surface area contributed by atoms with Crippen molar-refractivity contribution in [2.24, 2.45) is 0 Å². The molecule has 0 spiro atoms. The predicted molar refractivity (Wildman–Crippen MR) is 84.7 cm³/mol. The van der Waals surface area contributed by atoms with Gasteiger partial charge >= 0.3 is 0 Å². The van der Waals surface area contributed by atoms with Crippen molar-refractivity contribution >= 4 is 5.91 Å². The first-order valence-corrected chi connectivity index (χ1v) is 6.97. The molecule has 0 saturated carbocycles. The van der Waals surface area contributed by atoms with E-state index in [0.29, 0.717) is 12.1 Å². The van der Waals surface area contributed by atoms with Gasteiger partial charge in [-0.05, 0) is 42.7 Å². The summed E-state index contributed by atoms with van der Waals surface area (Å²) in [6, 6.07) is 13.7. The van der Waals surface area contributed by atoms with E-state index in [1.54, 1.807) is 18.1 Å². The smallest absolute Gasteiger partial charge is 0.254 e. The molecule has 0 aromatic heterocycles. The summed E-state index contributed by atoms with van der Waals surface area (Å²) in [4.78, 5) is 14.2. The molecule has 3 nitrogen and oxygen atoms in total. The Morgan fingerprint density at radius 2 is 1.81 bits per heavy atom. The molecule has 0 atom stereocenters. The molecule has 1 amide bonds. The van der Waals surface area contributed by atoms with Crippen molar-refractivity contribution in [3.8, 4) is 5.75 Å². The van der Waals surface area contributed by atoms with Gasteiger partial charge in [-0.2, -0.15) is 0 Å². The van der Waals surface area contributed by atoms with Crippen LogP contribution in [0.15, 0.2) is 42.5 Å². The van der Waals surface area contributed by atoms with Crippen LogP contribution in [0.4, 0.5) is 0 Å². The average molecular weight is 283 g/mol. The molecule has 0 saturated heterocycles. The SMILES string of the molecule is COc1cc(C(=O)N(C)Cc2ccccc2C)ccc1C. The Bertz CT molecular complexity index is 649. The Kier molecular flexibility index (Phi) is 4.63. The van der Waals surface area contributed by atoms with Crippen LogP contribution in [0.25, 0.3) is 0 Å². The van der Waals surface area contributed by atoms with Crippen molar-refractivity contribution in [3.05, 3.63) is 64.7 Å². The van der Waals surface area contributed by atoms with E-state index in [1.165, 1.54) is 5.56 Å². The van der Waals surface area contributed by atoms with E-state index in [4.69, 9.17) is 4.74 Å². The van der Waals surface area contributed by atoms with Gasteiger partial charge in [0.05, 0.1) is 7.11 Å². The fourth-order valence-corrected chi connectivity index (χ4v) is 2.29. The van der Waals surface area contributed by atoms with Crippen LogP contribution in [-0.2, 0) is 6.54 Å². The zero-order valence-corrected chi connectivity index (χ0v) is 13.0. The van der Waals surface area contributed by atoms with Crippen molar-refractivity contribution < 1.29 is 9.53 Å². The Hall–Kier alpha value is -2.29. The minimum atomic E-state index is -0.00319. The summed E-state index contributed by atoms with van der Waals surface area (Å²) in [7, 11) is 3.44. The van der Waals surface area contributed by atoms with E-state index in [0.717, 1.165) is 16.9 Å². The number of ether oxygens (including phenoxy) is 1. The van der Waals surface area contributed by atoms with Crippen LogP contribution in [-0.4, -0.2) is 25.0 Å². The lowest BCUT2D eigenvalue weighted by molar-refractivity contribution is 0.0784. The lowest BCUT2D eigenvalue weighted by Gasteiger charge is -2.19. The van der Waals surface area contributed by atoms with Crippen LogP contribution in [0.5, 0.6) is 5.75 Å². The maximum atomic E-state index is 12.5. The van der Waals surface area contributed by atoms with Crippen LogP contribution in [0, 0.1) is 13.8 Å². The monoisotopic (exact) mass is 283 g/mol. The summed E-state index contributed by atoms with van der Waals surface area (Å²) in [5.74, 6) is 0.738. The maximum Gasteiger partial charge on any atom is 0.254 e. The second kappa shape index (κ2) is 6.44. The summed E-state index contributed by atoms with van der Waals surface area (Å²) >= 11 is 0. The first kappa shape index (κ1) is 15.1. The summed E-state index contributed by atoms with van der Waals surface area (Å²) in [5.41, 5.74) is 4.02. The molecular weight excluding hydrogens is 262 g/mol. The van der Waals surface area contributed by atoms with Crippen molar-refractivity contribution in [1.82, 2.24) is 4.90 Å². The summed E-state index contributed by atoms with van der Waals surface area (Å²) in [6.45, 7) is 4.62. The third kappa shape index (κ3) is 3.43. The summed E-state index contributed by atoms with van der Waals surface area (Å²) in [6.07, 6.45) is 0. The van der Waals surface area contributed by atoms with Crippen LogP contribution in [0.2, 0.25) is 0 Å². The van der Waals surface area contributed by atoms with E-state index in [2.05, 4.69) is 19.1 Å². The number of aryl methyl sites for hydroxylation is 2. The highest BCUT2D eigenvalue weighted by molar-refractivity contribution is 5.94. The zero-order chi connectivity index (χ0) is 15.4. The second-order valence-electron chi connectivity index (χ2n) is 5.27. The molecule has 0 N–H and O–H groups in total. The predicted octanol–water partition coefficient (Wildman–Crippen LogP) is 3.58. The largest absolute Gasteiger partial charge is 0.496 e. The first-order valence-electron chi connectivity index (χ1n) is 6.97. The molecule has 2 rings (SSSR count). The second-order valence-corrected chi connectivity index (χ2v) is 5.27. The van der Waals surface area contributed by atoms with Gasteiger partial charge in [-0.1, -0.05) is 30.3 Å². The highest BCUT2D eigenvalue weighted by Crippen LogP contribution is 2.20. The molecule has 3 heteroatoms. The average Bonchev–Trinajstić information content (AvgIpc) is 2.49. The fourth-order valence-electron chi connectivity index (χ4n) is 2.29. The van der Waals surface area contributed by atoms with E-state index in [-0.39, 0.29) is 5.91 Å². The molecule has 0 aliphatic carbocycles. The number of benzene rings is 2. The van der Waals surface area contributed by atoms with Gasteiger partial charge < -0.3 is 9.64 Å². The van der Waals surface area contributed by atoms with Gasteiger partial charge in [-0.25, -0.2) is 0 Å². The normalized spacial score (nSPS) is 10.3. The van der Waals surface area contributed by atoms with Crippen molar-refractivity contribution in [2.75, 3.05) is 14.2 Å². The quantitative estimate of drug-likeness (QED) is 0.858. The zero-order valence-electron chi connectivity index (χ0n) is 13.0. The van der Waals surface area contributed by atoms with Gasteiger partial charge in [0.25, 0.3) is 5.91 Å². The Morgan fingerprint density at radius 3 is 2.48 bits per heavy atom. The Balaban J connectivity index is 2.18. The standard InChI is InChI=1S/C18H21NO2/c1-13-7-5-6-8-16(13)12-19(3)18(20)15-10-9-14(2)17(11-15)21-4/h5-11H,12H2,1-4H3. The molecule has 0 heterocycles. The van der Waals surface area contributed by atoms with E-state index in [9.17, 15) is 4.79 Å². The first-order chi connectivity index (χ1) is 10.0. The molecule has 110 valence electrons. The molecule has 0 aliphatic heterocycles. The van der Waals surface area contributed by atoms with Crippen molar-refractivity contribution in [2.45, 2.75) is 20.4 Å². The van der Waals surface area contributed by atoms with Crippen LogP contribution in [0.1, 0.15) is 27.0 Å². The number of carbonyl (C=O) groups is 1.